The summed E-state index contributed by atoms with van der Waals surface area (Å²) in [6.45, 7) is 2.19. The van der Waals surface area contributed by atoms with Crippen molar-refractivity contribution in [3.05, 3.63) is 21.7 Å². The van der Waals surface area contributed by atoms with Crippen molar-refractivity contribution in [3.63, 3.8) is 0 Å². The molecule has 0 saturated heterocycles. The zero-order valence-electron chi connectivity index (χ0n) is 10.7. The highest BCUT2D eigenvalue weighted by atomic mass is 32.2. The maximum absolute atomic E-state index is 11.8. The molecular weight excluding hydrogens is 232 g/mol. The van der Waals surface area contributed by atoms with Gasteiger partial charge in [-0.2, -0.15) is 4.98 Å². The molecule has 0 bridgehead atoms. The van der Waals surface area contributed by atoms with Crippen molar-refractivity contribution >= 4 is 11.8 Å². The van der Waals surface area contributed by atoms with Crippen molar-refractivity contribution in [2.75, 3.05) is 5.75 Å². The molecule has 0 unspecified atom stereocenters. The molecular formula is C13H20N2OS. The van der Waals surface area contributed by atoms with Gasteiger partial charge in [-0.3, -0.25) is 4.57 Å². The summed E-state index contributed by atoms with van der Waals surface area (Å²) in [7, 11) is 1.85. The van der Waals surface area contributed by atoms with Gasteiger partial charge in [0.1, 0.15) is 5.03 Å². The fourth-order valence-electron chi connectivity index (χ4n) is 2.27. The Hall–Kier alpha value is -0.770. The number of hydrogen-bond acceptors (Lipinski definition) is 3. The second kappa shape index (κ2) is 5.71. The Morgan fingerprint density at radius 1 is 1.35 bits per heavy atom. The lowest BCUT2D eigenvalue weighted by molar-refractivity contribution is 0.591. The van der Waals surface area contributed by atoms with Crippen LogP contribution in [0.15, 0.2) is 9.82 Å². The number of fused-ring (bicyclic) bond motifs is 1. The minimum atomic E-state index is -0.0929. The van der Waals surface area contributed by atoms with Crippen molar-refractivity contribution in [3.8, 4) is 0 Å². The van der Waals surface area contributed by atoms with Crippen molar-refractivity contribution in [1.82, 2.24) is 9.55 Å². The Morgan fingerprint density at radius 2 is 2.12 bits per heavy atom. The summed E-state index contributed by atoms with van der Waals surface area (Å²) in [5, 5.41) is 0.997. The van der Waals surface area contributed by atoms with Gasteiger partial charge in [0.2, 0.25) is 0 Å². The molecule has 4 heteroatoms. The molecule has 1 aromatic rings. The van der Waals surface area contributed by atoms with Crippen LogP contribution in [0.1, 0.15) is 43.9 Å². The Balaban J connectivity index is 2.31. The molecule has 0 N–H and O–H groups in total. The minimum absolute atomic E-state index is 0.0929. The fourth-order valence-corrected chi connectivity index (χ4v) is 3.43. The molecule has 0 fully saturated rings. The van der Waals surface area contributed by atoms with E-state index in [0.29, 0.717) is 0 Å². The molecule has 1 heterocycles. The molecule has 17 heavy (non-hydrogen) atoms. The van der Waals surface area contributed by atoms with Gasteiger partial charge in [-0.05, 0) is 37.9 Å². The number of thioether (sulfide) groups is 1. The standard InChI is InChI=1S/C13H20N2OS/c1-3-4-9-17-12-10-7-5-6-8-11(10)15(2)13(16)14-12/h3-9H2,1-2H3. The predicted octanol–water partition coefficient (Wildman–Crippen LogP) is 2.55. The molecule has 0 spiro atoms. The molecule has 94 valence electrons. The smallest absolute Gasteiger partial charge is 0.299 e. The Morgan fingerprint density at radius 3 is 2.88 bits per heavy atom. The van der Waals surface area contributed by atoms with Gasteiger partial charge < -0.3 is 0 Å². The van der Waals surface area contributed by atoms with Gasteiger partial charge in [-0.1, -0.05) is 13.3 Å². The maximum atomic E-state index is 11.8. The molecule has 1 aromatic heterocycles. The third kappa shape index (κ3) is 2.73. The van der Waals surface area contributed by atoms with E-state index in [0.717, 1.165) is 23.6 Å². The zero-order valence-corrected chi connectivity index (χ0v) is 11.5. The average molecular weight is 252 g/mol. The number of unbranched alkanes of at least 4 members (excludes halogenated alkanes) is 1. The third-order valence-corrected chi connectivity index (χ3v) is 4.43. The maximum Gasteiger partial charge on any atom is 0.348 e. The second-order valence-corrected chi connectivity index (χ2v) is 5.68. The third-order valence-electron chi connectivity index (χ3n) is 3.32. The van der Waals surface area contributed by atoms with E-state index in [4.69, 9.17) is 0 Å². The number of hydrogen-bond donors (Lipinski definition) is 0. The number of nitrogens with zero attached hydrogens (tertiary/aromatic N) is 2. The van der Waals surface area contributed by atoms with Gasteiger partial charge in [0.05, 0.1) is 0 Å². The van der Waals surface area contributed by atoms with Crippen molar-refractivity contribution in [2.45, 2.75) is 50.5 Å². The lowest BCUT2D eigenvalue weighted by Crippen LogP contribution is -2.27. The van der Waals surface area contributed by atoms with Crippen LogP contribution in [-0.4, -0.2) is 15.3 Å². The minimum Gasteiger partial charge on any atom is -0.299 e. The molecule has 0 atom stereocenters. The molecule has 2 rings (SSSR count). The van der Waals surface area contributed by atoms with Crippen LogP contribution in [0.4, 0.5) is 0 Å². The van der Waals surface area contributed by atoms with E-state index in [1.807, 2.05) is 7.05 Å². The summed E-state index contributed by atoms with van der Waals surface area (Å²) >= 11 is 1.76. The van der Waals surface area contributed by atoms with Crippen molar-refractivity contribution in [2.24, 2.45) is 7.05 Å². The highest BCUT2D eigenvalue weighted by Crippen LogP contribution is 2.28. The predicted molar refractivity (Wildman–Crippen MR) is 71.8 cm³/mol. The highest BCUT2D eigenvalue weighted by molar-refractivity contribution is 7.99. The first-order valence-electron chi connectivity index (χ1n) is 6.45. The van der Waals surface area contributed by atoms with Crippen molar-refractivity contribution in [1.29, 1.82) is 0 Å². The van der Waals surface area contributed by atoms with Crippen LogP contribution in [0.3, 0.4) is 0 Å². The SMILES string of the molecule is CCCCSc1nc(=O)n(C)c2c1CCCC2. The molecule has 0 aromatic carbocycles. The molecule has 3 nitrogen and oxygen atoms in total. The quantitative estimate of drug-likeness (QED) is 0.469. The van der Waals surface area contributed by atoms with Gasteiger partial charge >= 0.3 is 5.69 Å². The van der Waals surface area contributed by atoms with Crippen molar-refractivity contribution < 1.29 is 0 Å². The Labute approximate surface area is 107 Å². The van der Waals surface area contributed by atoms with Crippen LogP contribution >= 0.6 is 11.8 Å². The van der Waals surface area contributed by atoms with Gasteiger partial charge in [0, 0.05) is 18.3 Å². The fraction of sp³-hybridized carbons (Fsp3) is 0.692. The number of rotatable bonds is 4. The molecule has 1 aliphatic rings. The van der Waals surface area contributed by atoms with Crippen LogP contribution in [0, 0.1) is 0 Å². The summed E-state index contributed by atoms with van der Waals surface area (Å²) < 4.78 is 1.73. The average Bonchev–Trinajstić information content (AvgIpc) is 2.36. The topological polar surface area (TPSA) is 34.9 Å². The second-order valence-electron chi connectivity index (χ2n) is 4.59. The van der Waals surface area contributed by atoms with E-state index in [1.54, 1.807) is 16.3 Å². The van der Waals surface area contributed by atoms with Crippen LogP contribution in [0.5, 0.6) is 0 Å². The summed E-state index contributed by atoms with van der Waals surface area (Å²) in [4.78, 5) is 16.0. The highest BCUT2D eigenvalue weighted by Gasteiger charge is 2.18. The van der Waals surface area contributed by atoms with Gasteiger partial charge in [-0.25, -0.2) is 4.79 Å². The van der Waals surface area contributed by atoms with Crippen LogP contribution in [0.2, 0.25) is 0 Å². The molecule has 0 amide bonds. The Bertz CT molecular complexity index is 453. The normalized spacial score (nSPS) is 14.7. The monoisotopic (exact) mass is 252 g/mol. The van der Waals surface area contributed by atoms with E-state index in [9.17, 15) is 4.79 Å². The van der Waals surface area contributed by atoms with E-state index >= 15 is 0 Å². The van der Waals surface area contributed by atoms with E-state index < -0.39 is 0 Å². The van der Waals surface area contributed by atoms with Crippen LogP contribution in [0.25, 0.3) is 0 Å². The van der Waals surface area contributed by atoms with E-state index in [2.05, 4.69) is 11.9 Å². The lowest BCUT2D eigenvalue weighted by Gasteiger charge is -2.20. The molecule has 0 saturated carbocycles. The van der Waals surface area contributed by atoms with E-state index in [1.165, 1.54) is 36.9 Å². The first-order valence-corrected chi connectivity index (χ1v) is 7.44. The Kier molecular flexibility index (Phi) is 4.26. The summed E-state index contributed by atoms with van der Waals surface area (Å²) in [6.07, 6.45) is 6.93. The summed E-state index contributed by atoms with van der Waals surface area (Å²) in [5.41, 5.74) is 2.46. The van der Waals surface area contributed by atoms with Gasteiger partial charge in [0.25, 0.3) is 0 Å². The summed E-state index contributed by atoms with van der Waals surface area (Å²) in [6, 6.07) is 0. The van der Waals surface area contributed by atoms with Gasteiger partial charge in [0.15, 0.2) is 0 Å². The largest absolute Gasteiger partial charge is 0.348 e. The van der Waals surface area contributed by atoms with Crippen LogP contribution < -0.4 is 5.69 Å². The molecule has 0 aliphatic heterocycles. The van der Waals surface area contributed by atoms with Crippen LogP contribution in [-0.2, 0) is 19.9 Å². The first-order chi connectivity index (χ1) is 8.24. The lowest BCUT2D eigenvalue weighted by atomic mass is 9.97. The summed E-state index contributed by atoms with van der Waals surface area (Å²) in [5.74, 6) is 1.07. The number of aromatic nitrogens is 2. The van der Waals surface area contributed by atoms with E-state index in [-0.39, 0.29) is 5.69 Å². The first kappa shape index (κ1) is 12.7. The molecule has 1 aliphatic carbocycles. The zero-order chi connectivity index (χ0) is 12.3. The molecule has 0 radical (unpaired) electrons. The van der Waals surface area contributed by atoms with Gasteiger partial charge in [-0.15, -0.1) is 11.8 Å².